The van der Waals surface area contributed by atoms with E-state index in [9.17, 15) is 13.2 Å². The number of hydrogen-bond acceptors (Lipinski definition) is 5. The Hall–Kier alpha value is -1.87. The lowest BCUT2D eigenvalue weighted by Gasteiger charge is -2.36. The molecule has 0 aromatic heterocycles. The van der Waals surface area contributed by atoms with Crippen molar-refractivity contribution >= 4 is 33.4 Å². The smallest absolute Gasteiger partial charge is 0.243 e. The molecule has 1 amide bonds. The summed E-state index contributed by atoms with van der Waals surface area (Å²) in [5.74, 6) is 1.22. The van der Waals surface area contributed by atoms with E-state index in [1.807, 2.05) is 6.07 Å². The van der Waals surface area contributed by atoms with Gasteiger partial charge in [-0.3, -0.25) is 9.69 Å². The van der Waals surface area contributed by atoms with Crippen molar-refractivity contribution in [1.82, 2.24) is 9.21 Å². The fraction of sp³-hybridized carbons (Fsp3) is 0.500. The number of sulfonamides is 1. The minimum Gasteiger partial charge on any atom is -0.311 e. The molecule has 1 fully saturated rings. The van der Waals surface area contributed by atoms with Gasteiger partial charge in [-0.05, 0) is 66.7 Å². The van der Waals surface area contributed by atoms with Crippen molar-refractivity contribution < 1.29 is 13.2 Å². The highest BCUT2D eigenvalue weighted by Crippen LogP contribution is 2.37. The van der Waals surface area contributed by atoms with Crippen LogP contribution in [0.25, 0.3) is 0 Å². The van der Waals surface area contributed by atoms with Gasteiger partial charge >= 0.3 is 0 Å². The van der Waals surface area contributed by atoms with Crippen LogP contribution in [0.2, 0.25) is 0 Å². The quantitative estimate of drug-likeness (QED) is 0.637. The molecule has 0 unspecified atom stereocenters. The maximum atomic E-state index is 13.6. The Morgan fingerprint density at radius 3 is 2.71 bits per heavy atom. The van der Waals surface area contributed by atoms with Crippen molar-refractivity contribution in [3.8, 4) is 0 Å². The van der Waals surface area contributed by atoms with Crippen LogP contribution in [0.5, 0.6) is 0 Å². The molecule has 2 aromatic rings. The number of hydrogen-bond donors (Lipinski definition) is 0. The fourth-order valence-corrected chi connectivity index (χ4v) is 8.01. The van der Waals surface area contributed by atoms with Gasteiger partial charge in [-0.15, -0.1) is 11.8 Å². The number of benzene rings is 2. The summed E-state index contributed by atoms with van der Waals surface area (Å²) in [6, 6.07) is 13.9. The molecular weight excluding hydrogens is 466 g/mol. The lowest BCUT2D eigenvalue weighted by Crippen LogP contribution is -2.44. The molecule has 6 nitrogen and oxygen atoms in total. The Labute approximate surface area is 207 Å². The van der Waals surface area contributed by atoms with Crippen LogP contribution < -0.4 is 4.90 Å². The number of carbonyl (C=O) groups excluding carboxylic acids is 1. The second-order valence-corrected chi connectivity index (χ2v) is 12.7. The Kier molecular flexibility index (Phi) is 7.02. The minimum absolute atomic E-state index is 0.0422. The summed E-state index contributed by atoms with van der Waals surface area (Å²) in [6.07, 6.45) is 3.90. The van der Waals surface area contributed by atoms with Gasteiger partial charge in [0.25, 0.3) is 0 Å². The van der Waals surface area contributed by atoms with E-state index >= 15 is 0 Å². The first-order valence-corrected chi connectivity index (χ1v) is 14.7. The normalized spacial score (nSPS) is 22.0. The molecular formula is C26H33N3O3S2. The first-order chi connectivity index (χ1) is 16.4. The Morgan fingerprint density at radius 2 is 1.88 bits per heavy atom. The summed E-state index contributed by atoms with van der Waals surface area (Å²) < 4.78 is 28.9. The molecule has 0 spiro atoms. The molecule has 0 radical (unpaired) electrons. The topological polar surface area (TPSA) is 60.9 Å². The molecule has 8 heteroatoms. The van der Waals surface area contributed by atoms with Gasteiger partial charge in [-0.25, -0.2) is 8.42 Å². The zero-order valence-electron chi connectivity index (χ0n) is 19.8. The number of nitrogens with zero attached hydrogens (tertiary/aromatic N) is 3. The van der Waals surface area contributed by atoms with Crippen molar-refractivity contribution in [2.24, 2.45) is 5.92 Å². The highest BCUT2D eigenvalue weighted by molar-refractivity contribution is 7.99. The fourth-order valence-electron chi connectivity index (χ4n) is 5.46. The maximum absolute atomic E-state index is 13.6. The summed E-state index contributed by atoms with van der Waals surface area (Å²) in [4.78, 5) is 17.7. The lowest BCUT2D eigenvalue weighted by molar-refractivity contribution is -0.116. The third kappa shape index (κ3) is 4.91. The van der Waals surface area contributed by atoms with Gasteiger partial charge in [0, 0.05) is 51.1 Å². The number of rotatable bonds is 4. The number of fused-ring (bicyclic) bond motifs is 2. The van der Waals surface area contributed by atoms with Crippen LogP contribution in [0.1, 0.15) is 37.3 Å². The SMILES string of the molecule is CC(=O)N1CCCSc2ccc(S(=O)(=O)N3CCC[C@@H](CN4CCc5ccccc5C4)C3)cc21. The monoisotopic (exact) mass is 499 g/mol. The van der Waals surface area contributed by atoms with E-state index in [1.165, 1.54) is 11.1 Å². The van der Waals surface area contributed by atoms with Crippen LogP contribution in [0, 0.1) is 5.92 Å². The second kappa shape index (κ2) is 10.0. The van der Waals surface area contributed by atoms with Crippen molar-refractivity contribution in [1.29, 1.82) is 0 Å². The first-order valence-electron chi connectivity index (χ1n) is 12.3. The van der Waals surface area contributed by atoms with Gasteiger partial charge in [-0.1, -0.05) is 24.3 Å². The summed E-state index contributed by atoms with van der Waals surface area (Å²) in [7, 11) is -3.61. The lowest BCUT2D eigenvalue weighted by atomic mass is 9.95. The van der Waals surface area contributed by atoms with Crippen LogP contribution in [-0.4, -0.2) is 62.0 Å². The molecule has 182 valence electrons. The van der Waals surface area contributed by atoms with E-state index in [1.54, 1.807) is 40.0 Å². The van der Waals surface area contributed by atoms with Crippen LogP contribution in [0.4, 0.5) is 5.69 Å². The average Bonchev–Trinajstić information content (AvgIpc) is 3.06. The van der Waals surface area contributed by atoms with Crippen molar-refractivity contribution in [2.75, 3.05) is 43.4 Å². The zero-order chi connectivity index (χ0) is 23.7. The highest BCUT2D eigenvalue weighted by atomic mass is 32.2. The van der Waals surface area contributed by atoms with Crippen LogP contribution in [-0.2, 0) is 27.8 Å². The van der Waals surface area contributed by atoms with Gasteiger partial charge in [0.2, 0.25) is 15.9 Å². The Bertz CT molecular complexity index is 1170. The molecule has 0 bridgehead atoms. The molecule has 3 aliphatic heterocycles. The number of thioether (sulfide) groups is 1. The molecule has 0 aliphatic carbocycles. The zero-order valence-corrected chi connectivity index (χ0v) is 21.4. The molecule has 5 rings (SSSR count). The predicted molar refractivity (Wildman–Crippen MR) is 137 cm³/mol. The van der Waals surface area contributed by atoms with Gasteiger partial charge in [0.05, 0.1) is 10.6 Å². The number of anilines is 1. The van der Waals surface area contributed by atoms with E-state index in [4.69, 9.17) is 0 Å². The summed E-state index contributed by atoms with van der Waals surface area (Å²) >= 11 is 1.69. The van der Waals surface area contributed by atoms with Crippen LogP contribution in [0.15, 0.2) is 52.3 Å². The standard InChI is InChI=1S/C26H33N3O3S2/c1-20(30)29-13-5-15-33-26-10-9-24(16-25(26)29)34(31,32)28-12-4-6-21(18-28)17-27-14-11-22-7-2-3-8-23(22)19-27/h2-3,7-10,16,21H,4-6,11-15,17-19H2,1H3/t21-/m0/s1. The second-order valence-electron chi connectivity index (χ2n) is 9.63. The molecule has 2 aromatic carbocycles. The van der Waals surface area contributed by atoms with Gasteiger partial charge < -0.3 is 4.90 Å². The van der Waals surface area contributed by atoms with E-state index in [0.29, 0.717) is 30.4 Å². The number of amides is 1. The van der Waals surface area contributed by atoms with Gasteiger partial charge in [0.1, 0.15) is 0 Å². The third-order valence-corrected chi connectivity index (χ3v) is 10.2. The van der Waals surface area contributed by atoms with E-state index < -0.39 is 10.0 Å². The van der Waals surface area contributed by atoms with E-state index in [2.05, 4.69) is 29.2 Å². The number of piperidine rings is 1. The van der Waals surface area contributed by atoms with Crippen molar-refractivity contribution in [3.05, 3.63) is 53.6 Å². The summed E-state index contributed by atoms with van der Waals surface area (Å²) in [5.41, 5.74) is 3.57. The van der Waals surface area contributed by atoms with Crippen LogP contribution >= 0.6 is 11.8 Å². The molecule has 0 N–H and O–H groups in total. The maximum Gasteiger partial charge on any atom is 0.243 e. The molecule has 0 saturated carbocycles. The highest BCUT2D eigenvalue weighted by Gasteiger charge is 2.32. The molecule has 34 heavy (non-hydrogen) atoms. The largest absolute Gasteiger partial charge is 0.311 e. The molecule has 3 heterocycles. The van der Waals surface area contributed by atoms with Crippen LogP contribution in [0.3, 0.4) is 0 Å². The number of carbonyl (C=O) groups is 1. The summed E-state index contributed by atoms with van der Waals surface area (Å²) in [5, 5.41) is 0. The average molecular weight is 500 g/mol. The minimum atomic E-state index is -3.61. The Morgan fingerprint density at radius 1 is 1.06 bits per heavy atom. The first kappa shape index (κ1) is 23.9. The Balaban J connectivity index is 1.31. The molecule has 1 saturated heterocycles. The third-order valence-electron chi connectivity index (χ3n) is 7.23. The molecule has 3 aliphatic rings. The van der Waals surface area contributed by atoms with Crippen molar-refractivity contribution in [2.45, 2.75) is 48.9 Å². The predicted octanol–water partition coefficient (Wildman–Crippen LogP) is 3.99. The van der Waals surface area contributed by atoms with E-state index in [0.717, 1.165) is 61.7 Å². The van der Waals surface area contributed by atoms with Gasteiger partial charge in [0.15, 0.2) is 0 Å². The van der Waals surface area contributed by atoms with Crippen molar-refractivity contribution in [3.63, 3.8) is 0 Å². The summed E-state index contributed by atoms with van der Waals surface area (Å²) in [6.45, 7) is 6.21. The van der Waals surface area contributed by atoms with E-state index in [-0.39, 0.29) is 5.91 Å². The van der Waals surface area contributed by atoms with Gasteiger partial charge in [-0.2, -0.15) is 4.31 Å². The molecule has 1 atom stereocenters.